The predicted molar refractivity (Wildman–Crippen MR) is 77.0 cm³/mol. The highest BCUT2D eigenvalue weighted by atomic mass is 15.2. The van der Waals surface area contributed by atoms with E-state index in [1.807, 2.05) is 49.2 Å². The van der Waals surface area contributed by atoms with Crippen molar-refractivity contribution in [2.75, 3.05) is 5.32 Å². The summed E-state index contributed by atoms with van der Waals surface area (Å²) in [6.07, 6.45) is 3.91. The molecular weight excluding hydrogens is 236 g/mol. The van der Waals surface area contributed by atoms with Gasteiger partial charge in [-0.3, -0.25) is 9.67 Å². The fraction of sp³-hybridized carbons (Fsp3) is 0.200. The van der Waals surface area contributed by atoms with E-state index < -0.39 is 0 Å². The monoisotopic (exact) mass is 252 g/mol. The summed E-state index contributed by atoms with van der Waals surface area (Å²) in [7, 11) is 1.94. The second-order valence-electron chi connectivity index (χ2n) is 4.68. The van der Waals surface area contributed by atoms with E-state index >= 15 is 0 Å². The van der Waals surface area contributed by atoms with E-state index in [0.717, 1.165) is 28.8 Å². The Hall–Kier alpha value is -2.36. The van der Waals surface area contributed by atoms with Gasteiger partial charge in [-0.15, -0.1) is 0 Å². The van der Waals surface area contributed by atoms with Gasteiger partial charge in [0.2, 0.25) is 0 Å². The van der Waals surface area contributed by atoms with Crippen molar-refractivity contribution in [2.45, 2.75) is 13.5 Å². The summed E-state index contributed by atoms with van der Waals surface area (Å²) in [4.78, 5) is 4.44. The van der Waals surface area contributed by atoms with E-state index in [0.29, 0.717) is 0 Å². The molecule has 0 aliphatic carbocycles. The van der Waals surface area contributed by atoms with Crippen LogP contribution in [0.5, 0.6) is 0 Å². The number of hydrogen-bond donors (Lipinski definition) is 1. The van der Waals surface area contributed by atoms with E-state index in [2.05, 4.69) is 27.5 Å². The molecule has 0 spiro atoms. The highest BCUT2D eigenvalue weighted by molar-refractivity contribution is 5.81. The smallest absolute Gasteiger partial charge is 0.0703 e. The molecule has 1 N–H and O–H groups in total. The molecule has 3 rings (SSSR count). The molecule has 4 nitrogen and oxygen atoms in total. The van der Waals surface area contributed by atoms with Crippen LogP contribution in [0.4, 0.5) is 5.69 Å². The van der Waals surface area contributed by atoms with Crippen LogP contribution in [-0.2, 0) is 13.6 Å². The van der Waals surface area contributed by atoms with Crippen LogP contribution in [-0.4, -0.2) is 14.8 Å². The predicted octanol–water partition coefficient (Wildman–Crippen LogP) is 2.89. The number of benzene rings is 1. The van der Waals surface area contributed by atoms with Crippen LogP contribution in [0.2, 0.25) is 0 Å². The number of nitrogens with zero attached hydrogens (tertiary/aromatic N) is 3. The number of anilines is 1. The second-order valence-corrected chi connectivity index (χ2v) is 4.68. The van der Waals surface area contributed by atoms with E-state index in [4.69, 9.17) is 0 Å². The Morgan fingerprint density at radius 3 is 2.89 bits per heavy atom. The molecule has 0 saturated heterocycles. The molecule has 0 radical (unpaired) electrons. The van der Waals surface area contributed by atoms with Crippen LogP contribution in [0.25, 0.3) is 10.9 Å². The molecule has 0 fully saturated rings. The Kier molecular flexibility index (Phi) is 2.91. The second kappa shape index (κ2) is 4.72. The topological polar surface area (TPSA) is 42.7 Å². The van der Waals surface area contributed by atoms with Crippen molar-refractivity contribution < 1.29 is 0 Å². The van der Waals surface area contributed by atoms with Crippen LogP contribution < -0.4 is 5.32 Å². The lowest BCUT2D eigenvalue weighted by atomic mass is 10.2. The molecule has 1 aromatic carbocycles. The molecule has 19 heavy (non-hydrogen) atoms. The van der Waals surface area contributed by atoms with Gasteiger partial charge in [0.25, 0.3) is 0 Å². The molecule has 0 unspecified atom stereocenters. The first-order valence-electron chi connectivity index (χ1n) is 6.30. The lowest BCUT2D eigenvalue weighted by molar-refractivity contribution is 0.756. The lowest BCUT2D eigenvalue weighted by Gasteiger charge is -2.06. The third-order valence-corrected chi connectivity index (χ3v) is 3.19. The summed E-state index contributed by atoms with van der Waals surface area (Å²) < 4.78 is 1.84. The number of hydrogen-bond acceptors (Lipinski definition) is 3. The third-order valence-electron chi connectivity index (χ3n) is 3.19. The van der Waals surface area contributed by atoms with Crippen molar-refractivity contribution in [1.82, 2.24) is 14.8 Å². The zero-order chi connectivity index (χ0) is 13.2. The maximum atomic E-state index is 4.44. The van der Waals surface area contributed by atoms with E-state index in [9.17, 15) is 0 Å². The highest BCUT2D eigenvalue weighted by Crippen LogP contribution is 2.17. The van der Waals surface area contributed by atoms with Gasteiger partial charge in [-0.1, -0.05) is 18.2 Å². The summed E-state index contributed by atoms with van der Waals surface area (Å²) in [5, 5.41) is 8.87. The number of fused-ring (bicyclic) bond motifs is 1. The van der Waals surface area contributed by atoms with Crippen LogP contribution in [0.3, 0.4) is 0 Å². The summed E-state index contributed by atoms with van der Waals surface area (Å²) >= 11 is 0. The van der Waals surface area contributed by atoms with Gasteiger partial charge in [0, 0.05) is 30.7 Å². The Bertz CT molecular complexity index is 715. The van der Waals surface area contributed by atoms with Gasteiger partial charge >= 0.3 is 0 Å². The molecule has 2 aromatic heterocycles. The number of pyridine rings is 1. The van der Waals surface area contributed by atoms with Gasteiger partial charge in [-0.05, 0) is 19.1 Å². The molecule has 0 saturated carbocycles. The van der Waals surface area contributed by atoms with Crippen molar-refractivity contribution in [1.29, 1.82) is 0 Å². The molecule has 4 heteroatoms. The van der Waals surface area contributed by atoms with Crippen molar-refractivity contribution in [3.8, 4) is 0 Å². The molecule has 2 heterocycles. The number of nitrogens with one attached hydrogen (secondary N) is 1. The first kappa shape index (κ1) is 11.7. The van der Waals surface area contributed by atoms with Gasteiger partial charge in [-0.25, -0.2) is 0 Å². The van der Waals surface area contributed by atoms with Crippen molar-refractivity contribution in [3.05, 3.63) is 54.0 Å². The summed E-state index contributed by atoms with van der Waals surface area (Å²) in [5.41, 5.74) is 4.31. The van der Waals surface area contributed by atoms with Gasteiger partial charge < -0.3 is 5.32 Å². The van der Waals surface area contributed by atoms with Crippen molar-refractivity contribution in [3.63, 3.8) is 0 Å². The number of aryl methyl sites for hydroxylation is 2. The van der Waals surface area contributed by atoms with Crippen LogP contribution >= 0.6 is 0 Å². The largest absolute Gasteiger partial charge is 0.380 e. The van der Waals surface area contributed by atoms with Crippen molar-refractivity contribution >= 4 is 16.6 Å². The molecule has 0 amide bonds. The normalized spacial score (nSPS) is 10.8. The lowest BCUT2D eigenvalue weighted by Crippen LogP contribution is -2.00. The Morgan fingerprint density at radius 2 is 2.11 bits per heavy atom. The zero-order valence-electron chi connectivity index (χ0n) is 11.1. The fourth-order valence-corrected chi connectivity index (χ4v) is 2.19. The fourth-order valence-electron chi connectivity index (χ4n) is 2.19. The van der Waals surface area contributed by atoms with Gasteiger partial charge in [0.15, 0.2) is 0 Å². The highest BCUT2D eigenvalue weighted by Gasteiger charge is 2.03. The zero-order valence-corrected chi connectivity index (χ0v) is 11.1. The summed E-state index contributed by atoms with van der Waals surface area (Å²) in [6, 6.07) is 10.2. The average molecular weight is 252 g/mol. The van der Waals surface area contributed by atoms with Crippen LogP contribution in [0, 0.1) is 6.92 Å². The molecule has 0 aliphatic heterocycles. The van der Waals surface area contributed by atoms with E-state index in [1.54, 1.807) is 0 Å². The van der Waals surface area contributed by atoms with Gasteiger partial charge in [0.1, 0.15) is 0 Å². The quantitative estimate of drug-likeness (QED) is 0.779. The van der Waals surface area contributed by atoms with Gasteiger partial charge in [0.05, 0.1) is 23.1 Å². The van der Waals surface area contributed by atoms with E-state index in [1.165, 1.54) is 5.56 Å². The minimum absolute atomic E-state index is 0.764. The van der Waals surface area contributed by atoms with Gasteiger partial charge in [-0.2, -0.15) is 5.10 Å². The van der Waals surface area contributed by atoms with Crippen molar-refractivity contribution in [2.24, 2.45) is 7.05 Å². The minimum atomic E-state index is 0.764. The Balaban J connectivity index is 1.80. The average Bonchev–Trinajstić information content (AvgIpc) is 2.74. The molecule has 96 valence electrons. The Morgan fingerprint density at radius 1 is 1.26 bits per heavy atom. The number of aromatic nitrogens is 3. The molecular formula is C15H16N4. The van der Waals surface area contributed by atoms with Crippen LogP contribution in [0.15, 0.2) is 42.7 Å². The molecule has 0 atom stereocenters. The van der Waals surface area contributed by atoms with Crippen LogP contribution in [0.1, 0.15) is 11.3 Å². The first-order chi connectivity index (χ1) is 9.22. The minimum Gasteiger partial charge on any atom is -0.380 e. The molecule has 3 aromatic rings. The molecule has 0 bridgehead atoms. The maximum absolute atomic E-state index is 4.44. The van der Waals surface area contributed by atoms with E-state index in [-0.39, 0.29) is 0 Å². The maximum Gasteiger partial charge on any atom is 0.0703 e. The first-order valence-corrected chi connectivity index (χ1v) is 6.30. The SMILES string of the molecule is Cc1nn(C)cc1CNc1cnc2ccccc2c1. The number of para-hydroxylation sites is 1. The standard InChI is InChI=1S/C15H16N4/c1-11-13(10-19(2)18-11)8-16-14-7-12-5-3-4-6-15(12)17-9-14/h3-7,9-10,16H,8H2,1-2H3. The molecule has 0 aliphatic rings. The Labute approximate surface area is 112 Å². The number of rotatable bonds is 3. The summed E-state index contributed by atoms with van der Waals surface area (Å²) in [5.74, 6) is 0. The summed E-state index contributed by atoms with van der Waals surface area (Å²) in [6.45, 7) is 2.79. The third kappa shape index (κ3) is 2.42.